The maximum atomic E-state index is 5.82. The highest BCUT2D eigenvalue weighted by Gasteiger charge is 2.15. The molecule has 0 saturated heterocycles. The van der Waals surface area contributed by atoms with Crippen molar-refractivity contribution in [2.45, 2.75) is 6.42 Å². The molecule has 30 heavy (non-hydrogen) atoms. The number of rotatable bonds is 4. The van der Waals surface area contributed by atoms with Gasteiger partial charge in [-0.05, 0) is 60.3 Å². The Bertz CT molecular complexity index is 1390. The minimum atomic E-state index is 0.553. The first kappa shape index (κ1) is 18.0. The molecule has 5 rings (SSSR count). The second-order valence-electron chi connectivity index (χ2n) is 7.09. The zero-order chi connectivity index (χ0) is 20.5. The largest absolute Gasteiger partial charge is 0.330 e. The van der Waals surface area contributed by atoms with Gasteiger partial charge in [0.2, 0.25) is 0 Å². The number of terminal acetylenes is 1. The van der Waals surface area contributed by atoms with Crippen molar-refractivity contribution in [3.05, 3.63) is 84.6 Å². The number of nitrogens with zero attached hydrogens (tertiary/aromatic N) is 4. The maximum absolute atomic E-state index is 5.82. The van der Waals surface area contributed by atoms with Gasteiger partial charge in [0.1, 0.15) is 5.52 Å². The Hall–Kier alpha value is -4.01. The number of pyridine rings is 2. The van der Waals surface area contributed by atoms with Crippen LogP contribution in [0.4, 0.5) is 0 Å². The summed E-state index contributed by atoms with van der Waals surface area (Å²) in [7, 11) is 0. The van der Waals surface area contributed by atoms with Crippen LogP contribution in [0.2, 0.25) is 0 Å². The molecule has 0 amide bonds. The number of nitrogens with two attached hydrogens (primary N) is 1. The first-order valence-corrected chi connectivity index (χ1v) is 9.76. The van der Waals surface area contributed by atoms with E-state index in [9.17, 15) is 0 Å². The first-order valence-electron chi connectivity index (χ1n) is 9.76. The van der Waals surface area contributed by atoms with Gasteiger partial charge in [-0.3, -0.25) is 14.5 Å². The number of hydrogen-bond acceptors (Lipinski definition) is 4. The quantitative estimate of drug-likeness (QED) is 0.470. The molecule has 0 saturated carbocycles. The van der Waals surface area contributed by atoms with Crippen molar-refractivity contribution >= 4 is 21.9 Å². The van der Waals surface area contributed by atoms with Gasteiger partial charge in [-0.2, -0.15) is 0 Å². The average Bonchev–Trinajstić information content (AvgIpc) is 3.19. The Kier molecular flexibility index (Phi) is 4.47. The van der Waals surface area contributed by atoms with E-state index in [1.807, 2.05) is 29.0 Å². The van der Waals surface area contributed by atoms with Crippen LogP contribution in [0.15, 0.2) is 73.2 Å². The van der Waals surface area contributed by atoms with E-state index in [4.69, 9.17) is 12.2 Å². The van der Waals surface area contributed by atoms with E-state index >= 15 is 0 Å². The van der Waals surface area contributed by atoms with Gasteiger partial charge < -0.3 is 5.73 Å². The highest BCUT2D eigenvalue weighted by Crippen LogP contribution is 2.31. The maximum Gasteiger partial charge on any atom is 0.190 e. The third-order valence-electron chi connectivity index (χ3n) is 5.23. The van der Waals surface area contributed by atoms with Crippen molar-refractivity contribution in [2.75, 3.05) is 6.54 Å². The van der Waals surface area contributed by atoms with Gasteiger partial charge in [0.05, 0.1) is 17.2 Å². The molecular weight excluding hydrogens is 370 g/mol. The molecule has 5 aromatic rings. The molecule has 0 spiro atoms. The molecule has 0 aliphatic rings. The van der Waals surface area contributed by atoms with Crippen molar-refractivity contribution < 1.29 is 0 Å². The summed E-state index contributed by atoms with van der Waals surface area (Å²) < 4.78 is 2.03. The van der Waals surface area contributed by atoms with Crippen molar-refractivity contribution in [3.8, 4) is 29.2 Å². The van der Waals surface area contributed by atoms with Gasteiger partial charge in [-0.25, -0.2) is 4.98 Å². The fraction of sp³-hybridized carbons (Fsp3) is 0.0800. The average molecular weight is 389 g/mol. The Balaban J connectivity index is 1.79. The highest BCUT2D eigenvalue weighted by atomic mass is 15.1. The third kappa shape index (κ3) is 3.00. The number of aromatic nitrogens is 4. The van der Waals surface area contributed by atoms with Crippen molar-refractivity contribution in [2.24, 2.45) is 5.73 Å². The van der Waals surface area contributed by atoms with Crippen LogP contribution in [-0.2, 0) is 6.42 Å². The number of imidazole rings is 1. The normalized spacial score (nSPS) is 11.1. The van der Waals surface area contributed by atoms with Crippen LogP contribution in [0.1, 0.15) is 11.4 Å². The summed E-state index contributed by atoms with van der Waals surface area (Å²) in [6.45, 7) is 0.621. The van der Waals surface area contributed by atoms with Gasteiger partial charge in [-0.15, -0.1) is 6.42 Å². The molecule has 3 aromatic heterocycles. The fourth-order valence-electron chi connectivity index (χ4n) is 3.79. The minimum absolute atomic E-state index is 0.553. The molecule has 5 nitrogen and oxygen atoms in total. The molecule has 3 heterocycles. The van der Waals surface area contributed by atoms with Gasteiger partial charge in [0, 0.05) is 29.0 Å². The molecule has 0 fully saturated rings. The lowest BCUT2D eigenvalue weighted by Crippen LogP contribution is -2.03. The summed E-state index contributed by atoms with van der Waals surface area (Å²) >= 11 is 0. The number of hydrogen-bond donors (Lipinski definition) is 1. The van der Waals surface area contributed by atoms with Crippen LogP contribution >= 0.6 is 0 Å². The summed E-state index contributed by atoms with van der Waals surface area (Å²) in [6.07, 6.45) is 12.1. The molecule has 0 aliphatic carbocycles. The van der Waals surface area contributed by atoms with E-state index < -0.39 is 0 Å². The predicted octanol–water partition coefficient (Wildman–Crippen LogP) is 4.12. The van der Waals surface area contributed by atoms with Crippen molar-refractivity contribution in [1.82, 2.24) is 19.5 Å². The lowest BCUT2D eigenvalue weighted by Gasteiger charge is -2.10. The van der Waals surface area contributed by atoms with Crippen LogP contribution in [0, 0.1) is 12.3 Å². The Morgan fingerprint density at radius 2 is 1.83 bits per heavy atom. The minimum Gasteiger partial charge on any atom is -0.330 e. The lowest BCUT2D eigenvalue weighted by molar-refractivity contribution is 0.965. The van der Waals surface area contributed by atoms with E-state index in [-0.39, 0.29) is 0 Å². The van der Waals surface area contributed by atoms with Crippen LogP contribution in [-0.4, -0.2) is 26.1 Å². The smallest absolute Gasteiger partial charge is 0.190 e. The van der Waals surface area contributed by atoms with Gasteiger partial charge in [0.15, 0.2) is 5.82 Å². The summed E-state index contributed by atoms with van der Waals surface area (Å²) in [5.74, 6) is 3.28. The van der Waals surface area contributed by atoms with Gasteiger partial charge in [0.25, 0.3) is 0 Å². The van der Waals surface area contributed by atoms with E-state index in [1.54, 1.807) is 12.4 Å². The Morgan fingerprint density at radius 3 is 2.57 bits per heavy atom. The van der Waals surface area contributed by atoms with E-state index in [0.29, 0.717) is 12.4 Å². The van der Waals surface area contributed by atoms with Crippen LogP contribution in [0.5, 0.6) is 0 Å². The summed E-state index contributed by atoms with van der Waals surface area (Å²) in [4.78, 5) is 13.5. The fourth-order valence-corrected chi connectivity index (χ4v) is 3.79. The molecule has 144 valence electrons. The van der Waals surface area contributed by atoms with E-state index in [1.165, 1.54) is 5.56 Å². The summed E-state index contributed by atoms with van der Waals surface area (Å²) in [6, 6.07) is 18.5. The molecule has 0 bridgehead atoms. The molecule has 0 aliphatic heterocycles. The van der Waals surface area contributed by atoms with Crippen molar-refractivity contribution in [1.29, 1.82) is 0 Å². The molecule has 2 aromatic carbocycles. The van der Waals surface area contributed by atoms with Crippen LogP contribution in [0.3, 0.4) is 0 Å². The van der Waals surface area contributed by atoms with Gasteiger partial charge in [-0.1, -0.05) is 24.3 Å². The van der Waals surface area contributed by atoms with Crippen LogP contribution in [0.25, 0.3) is 38.8 Å². The topological polar surface area (TPSA) is 69.6 Å². The first-order chi connectivity index (χ1) is 14.8. The zero-order valence-corrected chi connectivity index (χ0v) is 16.3. The summed E-state index contributed by atoms with van der Waals surface area (Å²) in [5.41, 5.74) is 12.6. The SMILES string of the molecule is C#Cc1nc2cnc3ccc(-c4cccnc4)cc3c2n1-c1ccc(CCN)cc1. The highest BCUT2D eigenvalue weighted by molar-refractivity contribution is 6.04. The van der Waals surface area contributed by atoms with E-state index in [2.05, 4.69) is 57.3 Å². The van der Waals surface area contributed by atoms with Crippen LogP contribution < -0.4 is 5.73 Å². The second kappa shape index (κ2) is 7.43. The Morgan fingerprint density at radius 1 is 0.967 bits per heavy atom. The predicted molar refractivity (Wildman–Crippen MR) is 120 cm³/mol. The monoisotopic (exact) mass is 389 g/mol. The second-order valence-corrected chi connectivity index (χ2v) is 7.09. The van der Waals surface area contributed by atoms with Crippen molar-refractivity contribution in [3.63, 3.8) is 0 Å². The molecule has 0 unspecified atom stereocenters. The zero-order valence-electron chi connectivity index (χ0n) is 16.3. The van der Waals surface area contributed by atoms with Gasteiger partial charge >= 0.3 is 0 Å². The number of fused-ring (bicyclic) bond motifs is 3. The number of benzene rings is 2. The molecule has 0 atom stereocenters. The van der Waals surface area contributed by atoms with E-state index in [0.717, 1.165) is 45.2 Å². The Labute approximate surface area is 174 Å². The standard InChI is InChI=1S/C25H19N5/c1-2-24-29-23-16-28-22-10-7-18(19-4-3-13-27-15-19)14-21(22)25(23)30(24)20-8-5-17(6-9-20)11-12-26/h1,3-10,13-16H,11-12,26H2. The molecule has 2 N–H and O–H groups in total. The molecular formula is C25H19N5. The molecule has 0 radical (unpaired) electrons. The lowest BCUT2D eigenvalue weighted by atomic mass is 10.0. The molecule has 5 heteroatoms. The third-order valence-corrected chi connectivity index (χ3v) is 5.23. The summed E-state index contributed by atoms with van der Waals surface area (Å²) in [5, 5.41) is 0.994.